The van der Waals surface area contributed by atoms with Gasteiger partial charge >= 0.3 is 11.9 Å². The van der Waals surface area contributed by atoms with Crippen LogP contribution in [0.5, 0.6) is 23.0 Å². The van der Waals surface area contributed by atoms with Gasteiger partial charge in [-0.15, -0.1) is 0 Å². The molecule has 2 N–H and O–H groups in total. The van der Waals surface area contributed by atoms with Crippen LogP contribution in [0.3, 0.4) is 0 Å². The molecule has 6 heteroatoms. The van der Waals surface area contributed by atoms with E-state index < -0.39 is 11.9 Å². The Hall–Kier alpha value is -3.80. The normalized spacial score (nSPS) is 10.2. The number of carboxylic acids is 2. The van der Waals surface area contributed by atoms with E-state index in [1.54, 1.807) is 48.5 Å². The lowest BCUT2D eigenvalue weighted by atomic mass is 10.2. The number of hydrogen-bond donors (Lipinski definition) is 2. The van der Waals surface area contributed by atoms with Crippen molar-refractivity contribution in [2.45, 2.75) is 0 Å². The molecule has 0 aliphatic carbocycles. The van der Waals surface area contributed by atoms with Gasteiger partial charge in [0.1, 0.15) is 23.0 Å². The van der Waals surface area contributed by atoms with Gasteiger partial charge in [0.2, 0.25) is 0 Å². The monoisotopic (exact) mass is 350 g/mol. The van der Waals surface area contributed by atoms with Crippen molar-refractivity contribution in [2.75, 3.05) is 0 Å². The summed E-state index contributed by atoms with van der Waals surface area (Å²) in [6.07, 6.45) is 0. The maximum atomic E-state index is 11.0. The molecule has 26 heavy (non-hydrogen) atoms. The van der Waals surface area contributed by atoms with Crippen LogP contribution in [0.4, 0.5) is 0 Å². The molecule has 0 heterocycles. The second-order valence-corrected chi connectivity index (χ2v) is 5.34. The Labute approximate surface area is 148 Å². The molecular weight excluding hydrogens is 336 g/mol. The van der Waals surface area contributed by atoms with Crippen LogP contribution in [0, 0.1) is 0 Å². The minimum atomic E-state index is -1.02. The number of carboxylic acid groups (broad SMARTS) is 2. The van der Waals surface area contributed by atoms with Crippen LogP contribution in [-0.4, -0.2) is 22.2 Å². The van der Waals surface area contributed by atoms with E-state index in [1.807, 2.05) is 0 Å². The van der Waals surface area contributed by atoms with E-state index in [9.17, 15) is 9.59 Å². The van der Waals surface area contributed by atoms with E-state index in [0.717, 1.165) is 0 Å². The van der Waals surface area contributed by atoms with Crippen molar-refractivity contribution in [1.82, 2.24) is 0 Å². The molecule has 3 aromatic carbocycles. The molecule has 0 unspecified atom stereocenters. The fraction of sp³-hybridized carbons (Fsp3) is 0. The fourth-order valence-electron chi connectivity index (χ4n) is 2.21. The first kappa shape index (κ1) is 17.0. The van der Waals surface area contributed by atoms with Gasteiger partial charge in [0.25, 0.3) is 0 Å². The molecule has 0 fully saturated rings. The minimum Gasteiger partial charge on any atom is -0.478 e. The van der Waals surface area contributed by atoms with Gasteiger partial charge in [-0.05, 0) is 66.7 Å². The van der Waals surface area contributed by atoms with Crippen molar-refractivity contribution in [3.8, 4) is 23.0 Å². The smallest absolute Gasteiger partial charge is 0.335 e. The second kappa shape index (κ2) is 7.40. The zero-order valence-electron chi connectivity index (χ0n) is 13.5. The van der Waals surface area contributed by atoms with Crippen LogP contribution in [0.2, 0.25) is 0 Å². The Bertz CT molecular complexity index is 929. The van der Waals surface area contributed by atoms with E-state index in [1.165, 1.54) is 24.3 Å². The number of rotatable bonds is 6. The quantitative estimate of drug-likeness (QED) is 0.671. The Balaban J connectivity index is 1.67. The summed E-state index contributed by atoms with van der Waals surface area (Å²) >= 11 is 0. The number of benzene rings is 3. The van der Waals surface area contributed by atoms with Crippen LogP contribution in [0.1, 0.15) is 20.7 Å². The molecule has 130 valence electrons. The highest BCUT2D eigenvalue weighted by Gasteiger charge is 2.06. The van der Waals surface area contributed by atoms with Crippen molar-refractivity contribution in [3.05, 3.63) is 83.9 Å². The highest BCUT2D eigenvalue weighted by Crippen LogP contribution is 2.27. The van der Waals surface area contributed by atoms with E-state index in [2.05, 4.69) is 0 Å². The maximum absolute atomic E-state index is 11.0. The van der Waals surface area contributed by atoms with Gasteiger partial charge in [0.15, 0.2) is 0 Å². The first-order valence-electron chi connectivity index (χ1n) is 7.64. The van der Waals surface area contributed by atoms with Crippen LogP contribution in [0.15, 0.2) is 72.8 Å². The van der Waals surface area contributed by atoms with Gasteiger partial charge in [-0.25, -0.2) is 9.59 Å². The summed E-state index contributed by atoms with van der Waals surface area (Å²) in [5.74, 6) is -0.000357. The molecule has 0 saturated carbocycles. The Morgan fingerprint density at radius 3 is 1.54 bits per heavy atom. The number of aromatic carboxylic acids is 2. The molecule has 3 aromatic rings. The fourth-order valence-corrected chi connectivity index (χ4v) is 2.21. The summed E-state index contributed by atoms with van der Waals surface area (Å²) in [7, 11) is 0. The van der Waals surface area contributed by atoms with Crippen LogP contribution >= 0.6 is 0 Å². The van der Waals surface area contributed by atoms with Gasteiger partial charge in [0.05, 0.1) is 11.1 Å². The molecule has 0 saturated heterocycles. The molecule has 0 spiro atoms. The lowest BCUT2D eigenvalue weighted by Crippen LogP contribution is -1.96. The second-order valence-electron chi connectivity index (χ2n) is 5.34. The van der Waals surface area contributed by atoms with Gasteiger partial charge in [0, 0.05) is 0 Å². The summed E-state index contributed by atoms with van der Waals surface area (Å²) < 4.78 is 11.3. The average molecular weight is 350 g/mol. The van der Waals surface area contributed by atoms with Crippen LogP contribution < -0.4 is 9.47 Å². The molecule has 0 radical (unpaired) electrons. The Morgan fingerprint density at radius 2 is 1.04 bits per heavy atom. The van der Waals surface area contributed by atoms with Gasteiger partial charge < -0.3 is 19.7 Å². The first-order valence-corrected chi connectivity index (χ1v) is 7.64. The Kier molecular flexibility index (Phi) is 4.85. The van der Waals surface area contributed by atoms with Gasteiger partial charge in [-0.1, -0.05) is 6.07 Å². The highest BCUT2D eigenvalue weighted by molar-refractivity contribution is 5.88. The molecule has 0 aliphatic rings. The third-order valence-electron chi connectivity index (χ3n) is 3.48. The standard InChI is InChI=1S/C20H14O6/c21-19(22)13-4-6-15(7-5-13)25-16-8-10-17(11-9-16)26-18-3-1-2-14(12-18)20(23)24/h1-12H,(H,21,22)(H,23,24). The summed E-state index contributed by atoms with van der Waals surface area (Å²) in [5, 5.41) is 17.9. The van der Waals surface area contributed by atoms with Gasteiger partial charge in [-0.2, -0.15) is 0 Å². The first-order chi connectivity index (χ1) is 12.5. The summed E-state index contributed by atoms with van der Waals surface area (Å²) in [6.45, 7) is 0. The molecule has 6 nitrogen and oxygen atoms in total. The van der Waals surface area contributed by atoms with E-state index >= 15 is 0 Å². The lowest BCUT2D eigenvalue weighted by molar-refractivity contribution is 0.0686. The lowest BCUT2D eigenvalue weighted by Gasteiger charge is -2.09. The SMILES string of the molecule is O=C(O)c1ccc(Oc2ccc(Oc3cccc(C(=O)O)c3)cc2)cc1. The van der Waals surface area contributed by atoms with E-state index in [4.69, 9.17) is 19.7 Å². The summed E-state index contributed by atoms with van der Waals surface area (Å²) in [6, 6.07) is 19.0. The Morgan fingerprint density at radius 1 is 0.577 bits per heavy atom. The summed E-state index contributed by atoms with van der Waals surface area (Å²) in [5.41, 5.74) is 0.331. The number of hydrogen-bond acceptors (Lipinski definition) is 4. The van der Waals surface area contributed by atoms with Crippen molar-refractivity contribution in [3.63, 3.8) is 0 Å². The van der Waals surface area contributed by atoms with Crippen LogP contribution in [-0.2, 0) is 0 Å². The molecule has 0 amide bonds. The van der Waals surface area contributed by atoms with Crippen LogP contribution in [0.25, 0.3) is 0 Å². The van der Waals surface area contributed by atoms with Gasteiger partial charge in [-0.3, -0.25) is 0 Å². The molecular formula is C20H14O6. The third kappa shape index (κ3) is 4.18. The zero-order valence-corrected chi connectivity index (χ0v) is 13.5. The third-order valence-corrected chi connectivity index (χ3v) is 3.48. The number of carbonyl (C=O) groups is 2. The van der Waals surface area contributed by atoms with Crippen molar-refractivity contribution >= 4 is 11.9 Å². The molecule has 0 aromatic heterocycles. The number of ether oxygens (including phenoxy) is 2. The predicted molar refractivity (Wildman–Crippen MR) is 93.4 cm³/mol. The molecule has 0 aliphatic heterocycles. The molecule has 3 rings (SSSR count). The maximum Gasteiger partial charge on any atom is 0.335 e. The highest BCUT2D eigenvalue weighted by atomic mass is 16.5. The van der Waals surface area contributed by atoms with Crippen molar-refractivity contribution in [2.24, 2.45) is 0 Å². The van der Waals surface area contributed by atoms with E-state index in [0.29, 0.717) is 23.0 Å². The topological polar surface area (TPSA) is 93.1 Å². The molecule has 0 atom stereocenters. The van der Waals surface area contributed by atoms with Crippen molar-refractivity contribution in [1.29, 1.82) is 0 Å². The average Bonchev–Trinajstić information content (AvgIpc) is 2.64. The van der Waals surface area contributed by atoms with Crippen molar-refractivity contribution < 1.29 is 29.3 Å². The summed E-state index contributed by atoms with van der Waals surface area (Å²) in [4.78, 5) is 21.8. The largest absolute Gasteiger partial charge is 0.478 e. The minimum absolute atomic E-state index is 0.146. The molecule has 0 bridgehead atoms. The zero-order chi connectivity index (χ0) is 18.5. The van der Waals surface area contributed by atoms with E-state index in [-0.39, 0.29) is 11.1 Å². The predicted octanol–water partition coefficient (Wildman–Crippen LogP) is 4.67.